The quantitative estimate of drug-likeness (QED) is 0.731. The lowest BCUT2D eigenvalue weighted by Gasteiger charge is -2.18. The fraction of sp³-hybridized carbons (Fsp3) is 0.133. The lowest BCUT2D eigenvalue weighted by molar-refractivity contribution is -0.116. The number of likely N-dealkylation sites (N-methyl/N-ethyl adjacent to an activating group) is 1. The highest BCUT2D eigenvalue weighted by atomic mass is 16.2. The molecular weight excluding hydrogens is 270 g/mol. The number of nitrogens with one attached hydrogen (secondary N) is 3. The maximum atomic E-state index is 12.1. The summed E-state index contributed by atoms with van der Waals surface area (Å²) in [6.07, 6.45) is 1.24. The molecule has 6 heteroatoms. The molecule has 2 amide bonds. The predicted octanol–water partition coefficient (Wildman–Crippen LogP) is 1.34. The number of anilines is 1. The molecule has 0 saturated heterocycles. The van der Waals surface area contributed by atoms with Crippen molar-refractivity contribution in [2.24, 2.45) is 0 Å². The minimum Gasteiger partial charge on any atom is -0.383 e. The van der Waals surface area contributed by atoms with E-state index in [4.69, 9.17) is 0 Å². The van der Waals surface area contributed by atoms with Crippen molar-refractivity contribution in [3.05, 3.63) is 53.4 Å². The fourth-order valence-electron chi connectivity index (χ4n) is 1.93. The summed E-state index contributed by atoms with van der Waals surface area (Å²) >= 11 is 0. The summed E-state index contributed by atoms with van der Waals surface area (Å²) in [6.45, 7) is 1.53. The Bertz CT molecular complexity index is 660. The molecule has 6 nitrogen and oxygen atoms in total. The molecule has 21 heavy (non-hydrogen) atoms. The Labute approximate surface area is 121 Å². The van der Waals surface area contributed by atoms with Crippen molar-refractivity contribution in [3.63, 3.8) is 0 Å². The van der Waals surface area contributed by atoms with Crippen molar-refractivity contribution >= 4 is 23.3 Å². The summed E-state index contributed by atoms with van der Waals surface area (Å²) in [6, 6.07) is 8.21. The third-order valence-electron chi connectivity index (χ3n) is 2.95. The van der Waals surface area contributed by atoms with Gasteiger partial charge in [0.1, 0.15) is 11.4 Å². The molecule has 2 rings (SSSR count). The van der Waals surface area contributed by atoms with Crippen molar-refractivity contribution in [2.45, 2.75) is 6.92 Å². The van der Waals surface area contributed by atoms with Crippen LogP contribution in [0.1, 0.15) is 6.92 Å². The first kappa shape index (κ1) is 14.5. The van der Waals surface area contributed by atoms with E-state index in [1.165, 1.54) is 20.0 Å². The molecule has 1 aromatic rings. The maximum Gasteiger partial charge on any atom is 0.323 e. The van der Waals surface area contributed by atoms with Crippen LogP contribution in [0.5, 0.6) is 0 Å². The molecule has 3 N–H and O–H groups in total. The van der Waals surface area contributed by atoms with E-state index in [1.54, 1.807) is 24.3 Å². The van der Waals surface area contributed by atoms with Gasteiger partial charge in [0.25, 0.3) is 0 Å². The van der Waals surface area contributed by atoms with Gasteiger partial charge in [-0.2, -0.15) is 0 Å². The van der Waals surface area contributed by atoms with E-state index < -0.39 is 6.03 Å². The van der Waals surface area contributed by atoms with Gasteiger partial charge in [-0.05, 0) is 25.1 Å². The third-order valence-corrected chi connectivity index (χ3v) is 2.95. The standard InChI is InChI=1S/C15H15N3O3/c1-9-8-11(19)12(16-2)13(14(9)20)18-15(21)17-10-6-4-3-5-7-10/h3-8,16H,1-2H3,(H2,17,18,21). The SMILES string of the molecule is CNC1=C(NC(=O)Nc2ccccc2)C(=O)C(C)=CC1=O. The zero-order chi connectivity index (χ0) is 15.4. The number of hydrogen-bond acceptors (Lipinski definition) is 4. The van der Waals surface area contributed by atoms with Crippen LogP contribution in [0.15, 0.2) is 53.4 Å². The monoisotopic (exact) mass is 285 g/mol. The molecule has 1 aromatic carbocycles. The van der Waals surface area contributed by atoms with E-state index in [1.807, 2.05) is 6.07 Å². The summed E-state index contributed by atoms with van der Waals surface area (Å²) in [5, 5.41) is 7.67. The van der Waals surface area contributed by atoms with Crippen LogP contribution >= 0.6 is 0 Å². The Kier molecular flexibility index (Phi) is 4.18. The van der Waals surface area contributed by atoms with Crippen LogP contribution in [0.3, 0.4) is 0 Å². The van der Waals surface area contributed by atoms with Crippen molar-refractivity contribution in [1.29, 1.82) is 0 Å². The van der Waals surface area contributed by atoms with Crippen molar-refractivity contribution in [1.82, 2.24) is 10.6 Å². The molecule has 108 valence electrons. The van der Waals surface area contributed by atoms with Crippen LogP contribution < -0.4 is 16.0 Å². The summed E-state index contributed by atoms with van der Waals surface area (Å²) in [7, 11) is 1.52. The smallest absolute Gasteiger partial charge is 0.323 e. The average Bonchev–Trinajstić information content (AvgIpc) is 2.45. The highest BCUT2D eigenvalue weighted by Gasteiger charge is 2.27. The second-order valence-electron chi connectivity index (χ2n) is 4.47. The molecule has 0 bridgehead atoms. The third kappa shape index (κ3) is 3.17. The highest BCUT2D eigenvalue weighted by Crippen LogP contribution is 2.15. The molecule has 0 radical (unpaired) electrons. The first-order valence-corrected chi connectivity index (χ1v) is 6.35. The number of Topliss-reactive ketones (excluding diaryl/α,β-unsaturated/α-hetero) is 1. The Morgan fingerprint density at radius 3 is 2.29 bits per heavy atom. The van der Waals surface area contributed by atoms with E-state index in [0.29, 0.717) is 5.69 Å². The molecule has 0 aliphatic heterocycles. The van der Waals surface area contributed by atoms with Gasteiger partial charge in [0.15, 0.2) is 0 Å². The van der Waals surface area contributed by atoms with E-state index in [-0.39, 0.29) is 28.5 Å². The molecule has 1 aliphatic rings. The number of carbonyl (C=O) groups excluding carboxylic acids is 3. The molecule has 0 spiro atoms. The zero-order valence-corrected chi connectivity index (χ0v) is 11.7. The van der Waals surface area contributed by atoms with Crippen LogP contribution in [0.2, 0.25) is 0 Å². The van der Waals surface area contributed by atoms with Crippen molar-refractivity contribution in [3.8, 4) is 0 Å². The van der Waals surface area contributed by atoms with Gasteiger partial charge in [-0.1, -0.05) is 18.2 Å². The Morgan fingerprint density at radius 1 is 1.00 bits per heavy atom. The van der Waals surface area contributed by atoms with Gasteiger partial charge < -0.3 is 16.0 Å². The average molecular weight is 285 g/mol. The van der Waals surface area contributed by atoms with Gasteiger partial charge >= 0.3 is 6.03 Å². The number of ketones is 2. The van der Waals surface area contributed by atoms with Crippen LogP contribution in [0, 0.1) is 0 Å². The van der Waals surface area contributed by atoms with Crippen LogP contribution in [0.25, 0.3) is 0 Å². The maximum absolute atomic E-state index is 12.1. The van der Waals surface area contributed by atoms with Crippen LogP contribution in [-0.4, -0.2) is 24.6 Å². The molecule has 1 aliphatic carbocycles. The molecular formula is C15H15N3O3. The van der Waals surface area contributed by atoms with Gasteiger partial charge in [-0.15, -0.1) is 0 Å². The Morgan fingerprint density at radius 2 is 1.67 bits per heavy atom. The molecule has 0 saturated carbocycles. The molecule has 0 heterocycles. The van der Waals surface area contributed by atoms with Gasteiger partial charge in [-0.3, -0.25) is 9.59 Å². The lowest BCUT2D eigenvalue weighted by Crippen LogP contribution is -2.38. The molecule has 0 fully saturated rings. The number of hydrogen-bond donors (Lipinski definition) is 3. The predicted molar refractivity (Wildman–Crippen MR) is 78.5 cm³/mol. The highest BCUT2D eigenvalue weighted by molar-refractivity contribution is 6.23. The van der Waals surface area contributed by atoms with E-state index in [2.05, 4.69) is 16.0 Å². The molecule has 0 unspecified atom stereocenters. The van der Waals surface area contributed by atoms with Gasteiger partial charge in [-0.25, -0.2) is 4.79 Å². The van der Waals surface area contributed by atoms with E-state index in [9.17, 15) is 14.4 Å². The topological polar surface area (TPSA) is 87.3 Å². The minimum atomic E-state index is -0.584. The number of rotatable bonds is 3. The van der Waals surface area contributed by atoms with Crippen molar-refractivity contribution < 1.29 is 14.4 Å². The summed E-state index contributed by atoms with van der Waals surface area (Å²) in [5.41, 5.74) is 0.905. The zero-order valence-electron chi connectivity index (χ0n) is 11.7. The largest absolute Gasteiger partial charge is 0.383 e. The lowest BCUT2D eigenvalue weighted by atomic mass is 9.99. The normalized spacial score (nSPS) is 14.7. The minimum absolute atomic E-state index is 0.0454. The number of urea groups is 1. The molecule has 0 aromatic heterocycles. The number of carbonyl (C=O) groups is 3. The Balaban J connectivity index is 2.18. The summed E-state index contributed by atoms with van der Waals surface area (Å²) < 4.78 is 0. The number of benzene rings is 1. The first-order valence-electron chi connectivity index (χ1n) is 6.35. The van der Waals surface area contributed by atoms with Crippen molar-refractivity contribution in [2.75, 3.05) is 12.4 Å². The Hall–Kier alpha value is -2.89. The summed E-state index contributed by atoms with van der Waals surface area (Å²) in [4.78, 5) is 35.8. The second-order valence-corrected chi connectivity index (χ2v) is 4.47. The fourth-order valence-corrected chi connectivity index (χ4v) is 1.93. The molecule has 0 atom stereocenters. The van der Waals surface area contributed by atoms with Crippen LogP contribution in [0.4, 0.5) is 10.5 Å². The summed E-state index contributed by atoms with van der Waals surface area (Å²) in [5.74, 6) is -0.730. The number of allylic oxidation sites excluding steroid dienone is 2. The van der Waals surface area contributed by atoms with Gasteiger partial charge in [0, 0.05) is 18.3 Å². The number of amides is 2. The van der Waals surface area contributed by atoms with E-state index >= 15 is 0 Å². The van der Waals surface area contributed by atoms with Gasteiger partial charge in [0.05, 0.1) is 0 Å². The van der Waals surface area contributed by atoms with Gasteiger partial charge in [0.2, 0.25) is 11.6 Å². The van der Waals surface area contributed by atoms with E-state index in [0.717, 1.165) is 0 Å². The first-order chi connectivity index (χ1) is 10.0. The second kappa shape index (κ2) is 6.04. The van der Waals surface area contributed by atoms with Crippen LogP contribution in [-0.2, 0) is 9.59 Å². The number of para-hydroxylation sites is 1.